The summed E-state index contributed by atoms with van der Waals surface area (Å²) in [6, 6.07) is 6.86. The fourth-order valence-electron chi connectivity index (χ4n) is 3.20. The first-order valence-corrected chi connectivity index (χ1v) is 9.72. The highest BCUT2D eigenvalue weighted by molar-refractivity contribution is 5.94. The zero-order valence-electron chi connectivity index (χ0n) is 16.9. The molecule has 4 rings (SSSR count). The molecular formula is C22H18F3N5O2. The number of fused-ring (bicyclic) bond motifs is 1. The number of alkyl halides is 2. The van der Waals surface area contributed by atoms with Gasteiger partial charge in [0.05, 0.1) is 24.3 Å². The van der Waals surface area contributed by atoms with Crippen molar-refractivity contribution in [2.75, 3.05) is 18.1 Å². The number of rotatable bonds is 3. The van der Waals surface area contributed by atoms with Gasteiger partial charge in [-0.2, -0.15) is 13.9 Å². The zero-order chi connectivity index (χ0) is 22.7. The number of nitrogens with zero attached hydrogens (tertiary/aromatic N) is 4. The summed E-state index contributed by atoms with van der Waals surface area (Å²) in [6.45, 7) is -0.536. The quantitative estimate of drug-likeness (QED) is 0.627. The topological polar surface area (TPSA) is 72.3 Å². The molecule has 164 valence electrons. The Kier molecular flexibility index (Phi) is 5.98. The number of hydrogen-bond acceptors (Lipinski definition) is 4. The summed E-state index contributed by atoms with van der Waals surface area (Å²) in [5.41, 5.74) is 1.55. The van der Waals surface area contributed by atoms with E-state index in [4.69, 9.17) is 4.74 Å². The maximum Gasteiger partial charge on any atom is 0.333 e. The van der Waals surface area contributed by atoms with E-state index in [9.17, 15) is 18.0 Å². The number of nitrogens with one attached hydrogen (secondary N) is 1. The SMILES string of the molecule is C[C@H](NC(=O)N1CCOc2ncc(C#Cc3cnn(C(F)F)c3)cc21)c1ccccc1F. The molecule has 0 unspecified atom stereocenters. The zero-order valence-corrected chi connectivity index (χ0v) is 16.9. The van der Waals surface area contributed by atoms with Gasteiger partial charge in [-0.3, -0.25) is 4.90 Å². The number of ether oxygens (including phenoxy) is 1. The molecule has 0 spiro atoms. The lowest BCUT2D eigenvalue weighted by atomic mass is 10.1. The van der Waals surface area contributed by atoms with E-state index in [1.807, 2.05) is 0 Å². The number of aromatic nitrogens is 3. The molecule has 0 radical (unpaired) electrons. The van der Waals surface area contributed by atoms with Crippen LogP contribution in [-0.2, 0) is 0 Å². The van der Waals surface area contributed by atoms with Crippen molar-refractivity contribution in [3.63, 3.8) is 0 Å². The second kappa shape index (κ2) is 9.01. The molecule has 0 fully saturated rings. The monoisotopic (exact) mass is 441 g/mol. The van der Waals surface area contributed by atoms with E-state index >= 15 is 0 Å². The average Bonchev–Trinajstić information content (AvgIpc) is 3.27. The summed E-state index contributed by atoms with van der Waals surface area (Å²) >= 11 is 0. The van der Waals surface area contributed by atoms with Gasteiger partial charge in [-0.25, -0.2) is 18.9 Å². The van der Waals surface area contributed by atoms with Gasteiger partial charge in [0.1, 0.15) is 18.1 Å². The Hall–Kier alpha value is -4.00. The first-order chi connectivity index (χ1) is 15.4. The third-order valence-electron chi connectivity index (χ3n) is 4.79. The van der Waals surface area contributed by atoms with Crippen LogP contribution in [0.5, 0.6) is 5.88 Å². The van der Waals surface area contributed by atoms with Crippen LogP contribution < -0.4 is 15.0 Å². The molecular weight excluding hydrogens is 423 g/mol. The summed E-state index contributed by atoms with van der Waals surface area (Å²) < 4.78 is 45.3. The van der Waals surface area contributed by atoms with E-state index in [1.54, 1.807) is 31.2 Å². The number of urea groups is 1. The third kappa shape index (κ3) is 4.51. The molecule has 0 saturated carbocycles. The normalized spacial score (nSPS) is 13.6. The van der Waals surface area contributed by atoms with E-state index in [1.165, 1.54) is 23.4 Å². The molecule has 0 aliphatic carbocycles. The lowest BCUT2D eigenvalue weighted by molar-refractivity contribution is 0.0566. The van der Waals surface area contributed by atoms with Gasteiger partial charge in [0.15, 0.2) is 0 Å². The largest absolute Gasteiger partial charge is 0.474 e. The van der Waals surface area contributed by atoms with Crippen molar-refractivity contribution < 1.29 is 22.7 Å². The second-order valence-corrected chi connectivity index (χ2v) is 6.98. The lowest BCUT2D eigenvalue weighted by Gasteiger charge is -2.30. The average molecular weight is 441 g/mol. The van der Waals surface area contributed by atoms with Gasteiger partial charge < -0.3 is 10.1 Å². The molecule has 0 bridgehead atoms. The van der Waals surface area contributed by atoms with E-state index < -0.39 is 24.4 Å². The summed E-state index contributed by atoms with van der Waals surface area (Å²) in [5.74, 6) is 5.42. The fourth-order valence-corrected chi connectivity index (χ4v) is 3.20. The predicted molar refractivity (Wildman–Crippen MR) is 110 cm³/mol. The van der Waals surface area contributed by atoms with Crippen molar-refractivity contribution in [1.82, 2.24) is 20.1 Å². The first-order valence-electron chi connectivity index (χ1n) is 9.72. The van der Waals surface area contributed by atoms with Crippen molar-refractivity contribution >= 4 is 11.7 Å². The minimum atomic E-state index is -2.74. The van der Waals surface area contributed by atoms with Crippen molar-refractivity contribution in [1.29, 1.82) is 0 Å². The van der Waals surface area contributed by atoms with Crippen molar-refractivity contribution in [3.8, 4) is 17.7 Å². The smallest absolute Gasteiger partial charge is 0.333 e. The summed E-state index contributed by atoms with van der Waals surface area (Å²) in [6.07, 6.45) is 3.83. The Bertz CT molecular complexity index is 1200. The van der Waals surface area contributed by atoms with Gasteiger partial charge in [0, 0.05) is 23.5 Å². The van der Waals surface area contributed by atoms with E-state index in [-0.39, 0.29) is 19.0 Å². The van der Waals surface area contributed by atoms with Gasteiger partial charge in [0.25, 0.3) is 0 Å². The van der Waals surface area contributed by atoms with Gasteiger partial charge in [-0.1, -0.05) is 30.0 Å². The number of carbonyl (C=O) groups excluding carboxylic acids is 1. The Morgan fingerprint density at radius 2 is 2.00 bits per heavy atom. The minimum Gasteiger partial charge on any atom is -0.474 e. The lowest BCUT2D eigenvalue weighted by Crippen LogP contribution is -2.45. The molecule has 2 amide bonds. The number of halogens is 3. The summed E-state index contributed by atoms with van der Waals surface area (Å²) in [5, 5.41) is 6.32. The Labute approximate surface area is 181 Å². The van der Waals surface area contributed by atoms with Crippen LogP contribution in [0.1, 0.15) is 36.2 Å². The van der Waals surface area contributed by atoms with Crippen LogP contribution in [0, 0.1) is 17.7 Å². The van der Waals surface area contributed by atoms with Crippen molar-refractivity contribution in [2.45, 2.75) is 19.5 Å². The molecule has 1 N–H and O–H groups in total. The van der Waals surface area contributed by atoms with Crippen molar-refractivity contribution in [2.24, 2.45) is 0 Å². The Morgan fingerprint density at radius 1 is 1.22 bits per heavy atom. The fraction of sp³-hybridized carbons (Fsp3) is 0.227. The first kappa shape index (κ1) is 21.2. The standard InChI is InChI=1S/C22H18F3N5O2/c1-14(17-4-2-3-5-18(17)23)28-22(31)29-8-9-32-20-19(29)10-15(11-26-20)6-7-16-12-27-30(13-16)21(24)25/h2-5,10-14,21H,8-9H2,1H3,(H,28,31)/t14-/m0/s1. The number of amides is 2. The van der Waals surface area contributed by atoms with Gasteiger partial charge in [0.2, 0.25) is 5.88 Å². The molecule has 3 heterocycles. The third-order valence-corrected chi connectivity index (χ3v) is 4.79. The number of carbonyl (C=O) groups is 1. The Balaban J connectivity index is 1.54. The van der Waals surface area contributed by atoms with Crippen LogP contribution in [0.15, 0.2) is 48.9 Å². The number of anilines is 1. The number of pyridine rings is 1. The molecule has 1 aliphatic rings. The highest BCUT2D eigenvalue weighted by Gasteiger charge is 2.26. The molecule has 10 heteroatoms. The molecule has 1 aliphatic heterocycles. The molecule has 2 aromatic heterocycles. The van der Waals surface area contributed by atoms with Gasteiger partial charge in [-0.05, 0) is 19.1 Å². The molecule has 32 heavy (non-hydrogen) atoms. The van der Waals surface area contributed by atoms with Crippen LogP contribution in [0.3, 0.4) is 0 Å². The van der Waals surface area contributed by atoms with Crippen LogP contribution in [0.2, 0.25) is 0 Å². The van der Waals surface area contributed by atoms with Crippen LogP contribution in [0.4, 0.5) is 23.7 Å². The molecule has 1 aromatic carbocycles. The van der Waals surface area contributed by atoms with Crippen molar-refractivity contribution in [3.05, 3.63) is 71.4 Å². The molecule has 3 aromatic rings. The van der Waals surface area contributed by atoms with Gasteiger partial charge >= 0.3 is 12.6 Å². The molecule has 1 atom stereocenters. The van der Waals surface area contributed by atoms with Gasteiger partial charge in [-0.15, -0.1) is 0 Å². The molecule has 0 saturated heterocycles. The number of hydrogen-bond donors (Lipinski definition) is 1. The maximum absolute atomic E-state index is 14.0. The Morgan fingerprint density at radius 3 is 2.75 bits per heavy atom. The predicted octanol–water partition coefficient (Wildman–Crippen LogP) is 3.88. The van der Waals surface area contributed by atoms with Crippen LogP contribution >= 0.6 is 0 Å². The highest BCUT2D eigenvalue weighted by Crippen LogP contribution is 2.30. The summed E-state index contributed by atoms with van der Waals surface area (Å²) in [4.78, 5) is 18.6. The second-order valence-electron chi connectivity index (χ2n) is 6.98. The van der Waals surface area contributed by atoms with E-state index in [2.05, 4.69) is 27.2 Å². The van der Waals surface area contributed by atoms with E-state index in [0.29, 0.717) is 27.1 Å². The highest BCUT2D eigenvalue weighted by atomic mass is 19.3. The summed E-state index contributed by atoms with van der Waals surface area (Å²) in [7, 11) is 0. The minimum absolute atomic E-state index is 0.249. The van der Waals surface area contributed by atoms with E-state index in [0.717, 1.165) is 6.20 Å². The van der Waals surface area contributed by atoms with Crippen LogP contribution in [0.25, 0.3) is 0 Å². The van der Waals surface area contributed by atoms with Crippen LogP contribution in [-0.4, -0.2) is 33.9 Å². The number of benzene rings is 1. The maximum atomic E-state index is 14.0. The molecule has 7 nitrogen and oxygen atoms in total.